The molecule has 9 nitrogen and oxygen atoms in total. The molecule has 39 heavy (non-hydrogen) atoms. The topological polar surface area (TPSA) is 114 Å². The van der Waals surface area contributed by atoms with E-state index >= 15 is 0 Å². The van der Waals surface area contributed by atoms with E-state index in [0.29, 0.717) is 5.56 Å². The first kappa shape index (κ1) is 27.6. The van der Waals surface area contributed by atoms with Gasteiger partial charge < -0.3 is 14.8 Å². The van der Waals surface area contributed by atoms with Crippen molar-refractivity contribution in [2.45, 2.75) is 6.92 Å². The molecule has 3 aromatic carbocycles. The Labute approximate surface area is 232 Å². The average molecular weight is 572 g/mol. The lowest BCUT2D eigenvalue weighted by Crippen LogP contribution is -2.54. The number of para-hydroxylation sites is 1. The van der Waals surface area contributed by atoms with Gasteiger partial charge in [0, 0.05) is 0 Å². The highest BCUT2D eigenvalue weighted by Crippen LogP contribution is 2.32. The van der Waals surface area contributed by atoms with Gasteiger partial charge in [0.25, 0.3) is 17.7 Å². The van der Waals surface area contributed by atoms with Gasteiger partial charge >= 0.3 is 6.03 Å². The number of carbonyl (C=O) groups excluding carboxylic acids is 4. The van der Waals surface area contributed by atoms with Crippen LogP contribution in [-0.4, -0.2) is 37.0 Å². The van der Waals surface area contributed by atoms with Crippen molar-refractivity contribution in [1.82, 2.24) is 5.32 Å². The Balaban J connectivity index is 1.55. The number of carbonyl (C=O) groups is 4. The second kappa shape index (κ2) is 12.0. The molecule has 1 fully saturated rings. The van der Waals surface area contributed by atoms with E-state index in [4.69, 9.17) is 32.7 Å². The zero-order valence-corrected chi connectivity index (χ0v) is 21.8. The zero-order valence-electron chi connectivity index (χ0n) is 20.3. The van der Waals surface area contributed by atoms with Gasteiger partial charge in [0.15, 0.2) is 18.1 Å². The Morgan fingerprint density at radius 1 is 1.00 bits per heavy atom. The molecule has 2 N–H and O–H groups in total. The summed E-state index contributed by atoms with van der Waals surface area (Å²) in [5.41, 5.74) is 0.198. The van der Waals surface area contributed by atoms with Crippen LogP contribution in [0.2, 0.25) is 10.0 Å². The Hall–Kier alpha value is -4.41. The van der Waals surface area contributed by atoms with Gasteiger partial charge in [-0.15, -0.1) is 0 Å². The van der Waals surface area contributed by atoms with Gasteiger partial charge in [-0.25, -0.2) is 14.1 Å². The number of nitrogens with one attached hydrogen (secondary N) is 2. The number of imide groups is 2. The Morgan fingerprint density at radius 2 is 1.77 bits per heavy atom. The standard InChI is InChI=1S/C27H20Cl2FN3O6/c1-2-38-23-12-15(7-10-22(23)39-14-24(34)31-21-6-4-3-5-20(21)30)11-17-25(35)32-27(37)33(26(17)36)16-8-9-18(28)19(29)13-16/h3-13H,2,14H2,1H3,(H,31,34)(H,32,35,37)/b17-11-. The average Bonchev–Trinajstić information content (AvgIpc) is 2.89. The van der Waals surface area contributed by atoms with Crippen molar-refractivity contribution in [3.8, 4) is 11.5 Å². The molecule has 1 saturated heterocycles. The number of nitrogens with zero attached hydrogens (tertiary/aromatic N) is 1. The molecule has 1 aliphatic rings. The number of rotatable bonds is 8. The van der Waals surface area contributed by atoms with Gasteiger partial charge in [0.2, 0.25) is 0 Å². The maximum absolute atomic E-state index is 13.8. The van der Waals surface area contributed by atoms with Gasteiger partial charge in [-0.2, -0.15) is 0 Å². The maximum atomic E-state index is 13.8. The highest BCUT2D eigenvalue weighted by atomic mass is 35.5. The van der Waals surface area contributed by atoms with Crippen LogP contribution in [0.15, 0.2) is 66.2 Å². The largest absolute Gasteiger partial charge is 0.490 e. The van der Waals surface area contributed by atoms with Crippen LogP contribution in [0.3, 0.4) is 0 Å². The lowest BCUT2D eigenvalue weighted by molar-refractivity contribution is -0.122. The minimum absolute atomic E-state index is 0.0157. The molecule has 0 aromatic heterocycles. The molecular weight excluding hydrogens is 552 g/mol. The Kier molecular flexibility index (Phi) is 8.48. The summed E-state index contributed by atoms with van der Waals surface area (Å²) in [4.78, 5) is 51.1. The van der Waals surface area contributed by atoms with Crippen LogP contribution < -0.4 is 25.0 Å². The number of hydrogen-bond donors (Lipinski definition) is 2. The molecule has 0 radical (unpaired) electrons. The molecule has 4 rings (SSSR count). The third kappa shape index (κ3) is 6.36. The van der Waals surface area contributed by atoms with Crippen molar-refractivity contribution in [3.05, 3.63) is 87.7 Å². The van der Waals surface area contributed by atoms with Crippen LogP contribution in [-0.2, 0) is 14.4 Å². The van der Waals surface area contributed by atoms with Crippen LogP contribution in [0.5, 0.6) is 11.5 Å². The molecule has 1 heterocycles. The third-order valence-corrected chi connectivity index (χ3v) is 6.09. The molecule has 3 aromatic rings. The van der Waals surface area contributed by atoms with Crippen molar-refractivity contribution in [2.24, 2.45) is 0 Å². The van der Waals surface area contributed by atoms with Gasteiger partial charge in [-0.3, -0.25) is 19.7 Å². The molecule has 5 amide bonds. The number of amides is 5. The fourth-order valence-corrected chi connectivity index (χ4v) is 3.87. The van der Waals surface area contributed by atoms with E-state index in [1.807, 2.05) is 0 Å². The number of halogens is 3. The second-order valence-corrected chi connectivity index (χ2v) is 8.83. The molecule has 200 valence electrons. The SMILES string of the molecule is CCOc1cc(/C=C2/C(=O)NC(=O)N(c3ccc(Cl)c(Cl)c3)C2=O)ccc1OCC(=O)Nc1ccccc1F. The van der Waals surface area contributed by atoms with Crippen LogP contribution in [0, 0.1) is 5.82 Å². The lowest BCUT2D eigenvalue weighted by atomic mass is 10.1. The summed E-state index contributed by atoms with van der Waals surface area (Å²) < 4.78 is 24.9. The molecule has 1 aliphatic heterocycles. The number of benzene rings is 3. The minimum Gasteiger partial charge on any atom is -0.490 e. The van der Waals surface area contributed by atoms with E-state index in [9.17, 15) is 23.6 Å². The fourth-order valence-electron chi connectivity index (χ4n) is 3.58. The Morgan fingerprint density at radius 3 is 2.49 bits per heavy atom. The van der Waals surface area contributed by atoms with Crippen LogP contribution in [0.25, 0.3) is 6.08 Å². The molecule has 0 bridgehead atoms. The van der Waals surface area contributed by atoms with Crippen molar-refractivity contribution in [2.75, 3.05) is 23.4 Å². The summed E-state index contributed by atoms with van der Waals surface area (Å²) >= 11 is 12.0. The summed E-state index contributed by atoms with van der Waals surface area (Å²) in [5.74, 6) is -2.50. The summed E-state index contributed by atoms with van der Waals surface area (Å²) in [7, 11) is 0. The molecule has 0 unspecified atom stereocenters. The van der Waals surface area contributed by atoms with Gasteiger partial charge in [-0.1, -0.05) is 41.4 Å². The van der Waals surface area contributed by atoms with Crippen molar-refractivity contribution in [1.29, 1.82) is 0 Å². The number of urea groups is 1. The van der Waals surface area contributed by atoms with Crippen molar-refractivity contribution < 1.29 is 33.0 Å². The molecule has 0 aliphatic carbocycles. The summed E-state index contributed by atoms with van der Waals surface area (Å²) in [6.07, 6.45) is 1.28. The molecular formula is C27H20Cl2FN3O6. The summed E-state index contributed by atoms with van der Waals surface area (Å²) in [6.45, 7) is 1.55. The monoisotopic (exact) mass is 571 g/mol. The maximum Gasteiger partial charge on any atom is 0.335 e. The lowest BCUT2D eigenvalue weighted by Gasteiger charge is -2.26. The third-order valence-electron chi connectivity index (χ3n) is 5.35. The van der Waals surface area contributed by atoms with Crippen LogP contribution in [0.1, 0.15) is 12.5 Å². The van der Waals surface area contributed by atoms with E-state index in [1.165, 1.54) is 60.7 Å². The van der Waals surface area contributed by atoms with Gasteiger partial charge in [0.05, 0.1) is 28.0 Å². The number of hydrogen-bond acceptors (Lipinski definition) is 6. The number of anilines is 2. The molecule has 0 atom stereocenters. The molecule has 0 saturated carbocycles. The first-order valence-corrected chi connectivity index (χ1v) is 12.2. The van der Waals surface area contributed by atoms with Crippen molar-refractivity contribution >= 4 is 64.4 Å². The van der Waals surface area contributed by atoms with E-state index < -0.39 is 36.2 Å². The minimum atomic E-state index is -0.937. The second-order valence-electron chi connectivity index (χ2n) is 8.01. The van der Waals surface area contributed by atoms with E-state index in [0.717, 1.165) is 4.90 Å². The smallest absolute Gasteiger partial charge is 0.335 e. The first-order chi connectivity index (χ1) is 18.7. The van der Waals surface area contributed by atoms with Gasteiger partial charge in [-0.05, 0) is 61.0 Å². The van der Waals surface area contributed by atoms with Crippen molar-refractivity contribution in [3.63, 3.8) is 0 Å². The molecule has 12 heteroatoms. The van der Waals surface area contributed by atoms with E-state index in [2.05, 4.69) is 10.6 Å². The predicted molar refractivity (Wildman–Crippen MR) is 144 cm³/mol. The molecule has 0 spiro atoms. The number of ether oxygens (including phenoxy) is 2. The van der Waals surface area contributed by atoms with Crippen LogP contribution >= 0.6 is 23.2 Å². The predicted octanol–water partition coefficient (Wildman–Crippen LogP) is 5.22. The normalized spacial score (nSPS) is 14.3. The van der Waals surface area contributed by atoms with Crippen LogP contribution in [0.4, 0.5) is 20.6 Å². The highest BCUT2D eigenvalue weighted by Gasteiger charge is 2.37. The quantitative estimate of drug-likeness (QED) is 0.283. The van der Waals surface area contributed by atoms with E-state index in [1.54, 1.807) is 13.0 Å². The zero-order chi connectivity index (χ0) is 28.1. The Bertz CT molecular complexity index is 1510. The van der Waals surface area contributed by atoms with Gasteiger partial charge in [0.1, 0.15) is 11.4 Å². The summed E-state index contributed by atoms with van der Waals surface area (Å²) in [6, 6.07) is 13.5. The fraction of sp³-hybridized carbons (Fsp3) is 0.111. The van der Waals surface area contributed by atoms with E-state index in [-0.39, 0.29) is 45.1 Å². The summed E-state index contributed by atoms with van der Waals surface area (Å²) in [5, 5.41) is 4.89. The number of barbiturate groups is 1. The first-order valence-electron chi connectivity index (χ1n) is 11.5. The highest BCUT2D eigenvalue weighted by molar-refractivity contribution is 6.43.